The van der Waals surface area contributed by atoms with E-state index in [2.05, 4.69) is 73.8 Å². The lowest BCUT2D eigenvalue weighted by atomic mass is 9.54. The van der Waals surface area contributed by atoms with Crippen molar-refractivity contribution in [3.63, 3.8) is 0 Å². The second-order valence-corrected chi connectivity index (χ2v) is 9.32. The molecule has 1 unspecified atom stereocenters. The standard InChI is InChI=1S/C21H22IN5O/c1-13(28)27-11-21(18(27)14-3-5-15(22)6-4-14)9-16(10-21)26(2)20-17-7-8-23-19(17)24-12-25-20/h3-8,12,16,18H,9-11H2,1-2H3,(H,23,24,25). The van der Waals surface area contributed by atoms with Crippen molar-refractivity contribution in [2.24, 2.45) is 5.41 Å². The number of halogens is 1. The van der Waals surface area contributed by atoms with E-state index in [0.29, 0.717) is 6.04 Å². The maximum absolute atomic E-state index is 12.2. The fraction of sp³-hybridized carbons (Fsp3) is 0.381. The third-order valence-electron chi connectivity index (χ3n) is 6.47. The van der Waals surface area contributed by atoms with E-state index in [4.69, 9.17) is 0 Å². The number of aromatic amines is 1. The van der Waals surface area contributed by atoms with Gasteiger partial charge in [0, 0.05) is 41.7 Å². The summed E-state index contributed by atoms with van der Waals surface area (Å²) in [6, 6.07) is 11.3. The summed E-state index contributed by atoms with van der Waals surface area (Å²) in [4.78, 5) is 28.4. The molecule has 1 spiro atoms. The highest BCUT2D eigenvalue weighted by Gasteiger charge is 2.61. The third kappa shape index (κ3) is 2.62. The van der Waals surface area contributed by atoms with Crippen molar-refractivity contribution in [3.8, 4) is 0 Å². The summed E-state index contributed by atoms with van der Waals surface area (Å²) in [6.45, 7) is 2.53. The number of likely N-dealkylation sites (tertiary alicyclic amines) is 1. The van der Waals surface area contributed by atoms with Crippen LogP contribution in [0, 0.1) is 8.99 Å². The molecule has 7 heteroatoms. The zero-order valence-electron chi connectivity index (χ0n) is 15.9. The zero-order valence-corrected chi connectivity index (χ0v) is 18.1. The van der Waals surface area contributed by atoms with Gasteiger partial charge in [-0.25, -0.2) is 9.97 Å². The quantitative estimate of drug-likeness (QED) is 0.572. The number of hydrogen-bond acceptors (Lipinski definition) is 4. The van der Waals surface area contributed by atoms with Gasteiger partial charge in [0.25, 0.3) is 0 Å². The van der Waals surface area contributed by atoms with Crippen molar-refractivity contribution in [3.05, 3.63) is 52.0 Å². The number of fused-ring (bicyclic) bond motifs is 1. The molecule has 1 saturated heterocycles. The number of benzene rings is 1. The molecule has 1 aromatic carbocycles. The molecular formula is C21H22IN5O. The van der Waals surface area contributed by atoms with Crippen molar-refractivity contribution in [2.45, 2.75) is 31.8 Å². The van der Waals surface area contributed by atoms with Crippen LogP contribution >= 0.6 is 22.6 Å². The summed E-state index contributed by atoms with van der Waals surface area (Å²) in [6.07, 6.45) is 5.66. The maximum Gasteiger partial charge on any atom is 0.219 e. The van der Waals surface area contributed by atoms with Crippen LogP contribution in [-0.2, 0) is 4.79 Å². The Morgan fingerprint density at radius 2 is 2.00 bits per heavy atom. The van der Waals surface area contributed by atoms with E-state index in [9.17, 15) is 4.79 Å². The average Bonchev–Trinajstić information content (AvgIpc) is 3.10. The lowest BCUT2D eigenvalue weighted by molar-refractivity contribution is -0.169. The van der Waals surface area contributed by atoms with E-state index in [0.717, 1.165) is 36.2 Å². The van der Waals surface area contributed by atoms with Gasteiger partial charge in [-0.2, -0.15) is 0 Å². The molecule has 1 aliphatic carbocycles. The topological polar surface area (TPSA) is 65.1 Å². The molecule has 2 aliphatic rings. The fourth-order valence-corrected chi connectivity index (χ4v) is 5.38. The van der Waals surface area contributed by atoms with Gasteiger partial charge in [0.2, 0.25) is 5.91 Å². The minimum atomic E-state index is 0.163. The summed E-state index contributed by atoms with van der Waals surface area (Å²) in [7, 11) is 2.12. The largest absolute Gasteiger partial charge is 0.356 e. The number of carbonyl (C=O) groups excluding carboxylic acids is 1. The first kappa shape index (κ1) is 17.9. The van der Waals surface area contributed by atoms with Gasteiger partial charge in [-0.3, -0.25) is 4.79 Å². The first-order valence-electron chi connectivity index (χ1n) is 9.52. The lowest BCUT2D eigenvalue weighted by Gasteiger charge is -2.66. The second-order valence-electron chi connectivity index (χ2n) is 8.07. The van der Waals surface area contributed by atoms with E-state index >= 15 is 0 Å². The molecule has 0 radical (unpaired) electrons. The molecule has 6 nitrogen and oxygen atoms in total. The van der Waals surface area contributed by atoms with Crippen LogP contribution in [-0.4, -0.2) is 45.4 Å². The van der Waals surface area contributed by atoms with Gasteiger partial charge in [0.1, 0.15) is 17.8 Å². The molecule has 1 N–H and O–H groups in total. The normalized spacial score (nSPS) is 26.2. The monoisotopic (exact) mass is 487 g/mol. The van der Waals surface area contributed by atoms with E-state index in [1.54, 1.807) is 13.3 Å². The molecule has 144 valence electrons. The molecule has 2 fully saturated rings. The highest BCUT2D eigenvalue weighted by atomic mass is 127. The smallest absolute Gasteiger partial charge is 0.219 e. The van der Waals surface area contributed by atoms with Gasteiger partial charge in [-0.05, 0) is 59.2 Å². The molecule has 1 amide bonds. The van der Waals surface area contributed by atoms with Crippen molar-refractivity contribution in [1.29, 1.82) is 0 Å². The summed E-state index contributed by atoms with van der Waals surface area (Å²) < 4.78 is 1.22. The van der Waals surface area contributed by atoms with Crippen molar-refractivity contribution in [1.82, 2.24) is 19.9 Å². The summed E-state index contributed by atoms with van der Waals surface area (Å²) in [5.74, 6) is 1.13. The number of carbonyl (C=O) groups is 1. The predicted octanol–water partition coefficient (Wildman–Crippen LogP) is 3.75. The molecule has 3 aromatic rings. The average molecular weight is 487 g/mol. The summed E-state index contributed by atoms with van der Waals surface area (Å²) >= 11 is 2.32. The van der Waals surface area contributed by atoms with Crippen LogP contribution in [0.5, 0.6) is 0 Å². The van der Waals surface area contributed by atoms with Crippen LogP contribution in [0.15, 0.2) is 42.9 Å². The molecule has 28 heavy (non-hydrogen) atoms. The molecule has 3 heterocycles. The predicted molar refractivity (Wildman–Crippen MR) is 117 cm³/mol. The molecule has 1 aliphatic heterocycles. The molecule has 1 saturated carbocycles. The Hall–Kier alpha value is -2.16. The van der Waals surface area contributed by atoms with Crippen molar-refractivity contribution < 1.29 is 4.79 Å². The Kier molecular flexibility index (Phi) is 4.12. The first-order valence-corrected chi connectivity index (χ1v) is 10.6. The molecule has 5 rings (SSSR count). The van der Waals surface area contributed by atoms with Crippen molar-refractivity contribution >= 4 is 45.3 Å². The lowest BCUT2D eigenvalue weighted by Crippen LogP contribution is -2.68. The number of nitrogens with zero attached hydrogens (tertiary/aromatic N) is 4. The van der Waals surface area contributed by atoms with E-state index in [1.807, 2.05) is 17.2 Å². The Balaban J connectivity index is 1.39. The van der Waals surface area contributed by atoms with Crippen LogP contribution < -0.4 is 4.90 Å². The summed E-state index contributed by atoms with van der Waals surface area (Å²) in [5, 5.41) is 1.05. The van der Waals surface area contributed by atoms with Crippen LogP contribution in [0.3, 0.4) is 0 Å². The number of rotatable bonds is 3. The Labute approximate surface area is 177 Å². The molecule has 1 atom stereocenters. The van der Waals surface area contributed by atoms with E-state index in [-0.39, 0.29) is 17.4 Å². The fourth-order valence-electron chi connectivity index (χ4n) is 5.02. The molecular weight excluding hydrogens is 465 g/mol. The van der Waals surface area contributed by atoms with Gasteiger partial charge in [-0.1, -0.05) is 12.1 Å². The van der Waals surface area contributed by atoms with Gasteiger partial charge in [-0.15, -0.1) is 0 Å². The van der Waals surface area contributed by atoms with Gasteiger partial charge < -0.3 is 14.8 Å². The highest BCUT2D eigenvalue weighted by molar-refractivity contribution is 14.1. The molecule has 2 aromatic heterocycles. The Morgan fingerprint density at radius 3 is 2.71 bits per heavy atom. The number of anilines is 1. The van der Waals surface area contributed by atoms with E-state index in [1.165, 1.54) is 9.13 Å². The number of H-pyrrole nitrogens is 1. The van der Waals surface area contributed by atoms with Gasteiger partial charge in [0.05, 0.1) is 11.4 Å². The van der Waals surface area contributed by atoms with Gasteiger partial charge in [0.15, 0.2) is 0 Å². The zero-order chi connectivity index (χ0) is 19.5. The van der Waals surface area contributed by atoms with Crippen LogP contribution in [0.1, 0.15) is 31.4 Å². The van der Waals surface area contributed by atoms with Crippen molar-refractivity contribution in [2.75, 3.05) is 18.5 Å². The van der Waals surface area contributed by atoms with E-state index < -0.39 is 0 Å². The Morgan fingerprint density at radius 1 is 1.25 bits per heavy atom. The third-order valence-corrected chi connectivity index (χ3v) is 7.19. The number of hydrogen-bond donors (Lipinski definition) is 1. The highest BCUT2D eigenvalue weighted by Crippen LogP contribution is 2.61. The minimum absolute atomic E-state index is 0.163. The number of nitrogens with one attached hydrogen (secondary N) is 1. The second kappa shape index (κ2) is 6.43. The SMILES string of the molecule is CC(=O)N1CC2(CC(N(C)c3ncnc4[nH]ccc34)C2)C1c1ccc(I)cc1. The Bertz CT molecular complexity index is 1040. The van der Waals surface area contributed by atoms with Crippen LogP contribution in [0.2, 0.25) is 0 Å². The first-order chi connectivity index (χ1) is 13.5. The maximum atomic E-state index is 12.2. The van der Waals surface area contributed by atoms with Gasteiger partial charge >= 0.3 is 0 Å². The number of amides is 1. The molecule has 0 bridgehead atoms. The number of aromatic nitrogens is 3. The summed E-state index contributed by atoms with van der Waals surface area (Å²) in [5.41, 5.74) is 2.30. The minimum Gasteiger partial charge on any atom is -0.356 e. The van der Waals surface area contributed by atoms with Crippen LogP contribution in [0.25, 0.3) is 11.0 Å². The van der Waals surface area contributed by atoms with Crippen LogP contribution in [0.4, 0.5) is 5.82 Å².